The van der Waals surface area contributed by atoms with Gasteiger partial charge in [0.05, 0.1) is 0 Å². The summed E-state index contributed by atoms with van der Waals surface area (Å²) in [6.45, 7) is 6.10. The van der Waals surface area contributed by atoms with Crippen molar-refractivity contribution in [3.05, 3.63) is 58.7 Å². The summed E-state index contributed by atoms with van der Waals surface area (Å²) in [5.74, 6) is 0.782. The Balaban J connectivity index is 1.60. The Hall–Kier alpha value is -2.12. The molecule has 0 atom stereocenters. The second-order valence-electron chi connectivity index (χ2n) is 7.26. The van der Waals surface area contributed by atoms with Gasteiger partial charge < -0.3 is 31.5 Å². The number of fused-ring (bicyclic) bond motifs is 4. The Morgan fingerprint density at radius 1 is 0.500 bits per heavy atom. The fourth-order valence-corrected chi connectivity index (χ4v) is 3.43. The van der Waals surface area contributed by atoms with Crippen LogP contribution in [0.5, 0.6) is 11.5 Å². The number of rotatable bonds is 0. The topological polar surface area (TPSA) is 88.6 Å². The van der Waals surface area contributed by atoms with Gasteiger partial charge in [0.2, 0.25) is 0 Å². The van der Waals surface area contributed by atoms with E-state index in [1.807, 2.05) is 36.4 Å². The van der Waals surface area contributed by atoms with Crippen LogP contribution < -0.4 is 21.3 Å². The van der Waals surface area contributed by atoms with E-state index < -0.39 is 0 Å². The van der Waals surface area contributed by atoms with Gasteiger partial charge in [-0.2, -0.15) is 0 Å². The maximum absolute atomic E-state index is 10.5. The zero-order valence-electron chi connectivity index (χ0n) is 16.4. The van der Waals surface area contributed by atoms with Crippen molar-refractivity contribution >= 4 is 0 Å². The van der Waals surface area contributed by atoms with Crippen LogP contribution >= 0.6 is 0 Å². The van der Waals surface area contributed by atoms with E-state index in [1.54, 1.807) is 0 Å². The maximum Gasteiger partial charge on any atom is 0.124 e. The minimum atomic E-state index is 0.391. The lowest BCUT2D eigenvalue weighted by Crippen LogP contribution is -2.23. The molecule has 6 nitrogen and oxygen atoms in total. The number of hydrogen-bond donors (Lipinski definition) is 6. The fourth-order valence-electron chi connectivity index (χ4n) is 3.43. The normalized spacial score (nSPS) is 17.7. The van der Waals surface area contributed by atoms with Gasteiger partial charge in [-0.3, -0.25) is 0 Å². The van der Waals surface area contributed by atoms with E-state index in [-0.39, 0.29) is 0 Å². The highest BCUT2D eigenvalue weighted by Crippen LogP contribution is 2.23. The first-order valence-electron chi connectivity index (χ1n) is 10.2. The van der Waals surface area contributed by atoms with Crippen molar-refractivity contribution in [3.63, 3.8) is 0 Å². The summed E-state index contributed by atoms with van der Waals surface area (Å²) in [7, 11) is 0. The van der Waals surface area contributed by atoms with Crippen LogP contribution in [0.1, 0.15) is 35.1 Å². The van der Waals surface area contributed by atoms with Crippen LogP contribution in [0.3, 0.4) is 0 Å². The lowest BCUT2D eigenvalue weighted by molar-refractivity contribution is 0.449. The van der Waals surface area contributed by atoms with E-state index in [2.05, 4.69) is 21.3 Å². The van der Waals surface area contributed by atoms with Gasteiger partial charge in [-0.25, -0.2) is 0 Å². The summed E-state index contributed by atoms with van der Waals surface area (Å²) in [6.07, 6.45) is 1.95. The molecule has 1 aliphatic rings. The molecule has 1 aliphatic heterocycles. The molecule has 2 aromatic rings. The number of para-hydroxylation sites is 2. The van der Waals surface area contributed by atoms with Gasteiger partial charge in [0.25, 0.3) is 0 Å². The molecular weight excluding hydrogens is 352 g/mol. The van der Waals surface area contributed by atoms with Crippen LogP contribution in [-0.4, -0.2) is 36.4 Å². The van der Waals surface area contributed by atoms with Crippen molar-refractivity contribution in [2.24, 2.45) is 0 Å². The van der Waals surface area contributed by atoms with Crippen molar-refractivity contribution in [2.45, 2.75) is 39.0 Å². The fraction of sp³-hybridized carbons (Fsp3) is 0.455. The highest BCUT2D eigenvalue weighted by Gasteiger charge is 2.08. The Bertz CT molecular complexity index is 635. The summed E-state index contributed by atoms with van der Waals surface area (Å²) >= 11 is 0. The predicted octanol–water partition coefficient (Wildman–Crippen LogP) is 1.95. The molecule has 2 aromatic carbocycles. The zero-order valence-corrected chi connectivity index (χ0v) is 16.4. The largest absolute Gasteiger partial charge is 0.507 e. The SMILES string of the molecule is Oc1c2cccc1CNCCCNCc1cccc(c1O)CNCCCNC2. The summed E-state index contributed by atoms with van der Waals surface area (Å²) in [5.41, 5.74) is 3.74. The molecule has 152 valence electrons. The molecule has 0 saturated carbocycles. The van der Waals surface area contributed by atoms with Crippen molar-refractivity contribution in [3.8, 4) is 11.5 Å². The lowest BCUT2D eigenvalue weighted by atomic mass is 10.1. The molecule has 6 heteroatoms. The van der Waals surface area contributed by atoms with Crippen molar-refractivity contribution < 1.29 is 10.2 Å². The van der Waals surface area contributed by atoms with E-state index in [4.69, 9.17) is 0 Å². The molecule has 0 amide bonds. The van der Waals surface area contributed by atoms with Crippen LogP contribution in [0, 0.1) is 0 Å². The number of benzene rings is 2. The summed E-state index contributed by atoms with van der Waals surface area (Å²) < 4.78 is 0. The van der Waals surface area contributed by atoms with Crippen LogP contribution in [-0.2, 0) is 26.2 Å². The van der Waals surface area contributed by atoms with Crippen LogP contribution in [0.2, 0.25) is 0 Å². The summed E-state index contributed by atoms with van der Waals surface area (Å²) in [4.78, 5) is 0. The molecule has 6 N–H and O–H groups in total. The van der Waals surface area contributed by atoms with E-state index >= 15 is 0 Å². The van der Waals surface area contributed by atoms with Gasteiger partial charge in [0, 0.05) is 48.4 Å². The molecule has 0 radical (unpaired) electrons. The van der Waals surface area contributed by atoms with Crippen molar-refractivity contribution in [1.29, 1.82) is 0 Å². The van der Waals surface area contributed by atoms with Gasteiger partial charge >= 0.3 is 0 Å². The third-order valence-electron chi connectivity index (χ3n) is 5.08. The van der Waals surface area contributed by atoms with Gasteiger partial charge in [0.15, 0.2) is 0 Å². The lowest BCUT2D eigenvalue weighted by Gasteiger charge is -2.14. The first-order valence-corrected chi connectivity index (χ1v) is 10.2. The Morgan fingerprint density at radius 2 is 0.786 bits per heavy atom. The number of phenols is 2. The predicted molar refractivity (Wildman–Crippen MR) is 112 cm³/mol. The molecular formula is C22H32N4O2. The molecule has 0 aliphatic carbocycles. The minimum Gasteiger partial charge on any atom is -0.507 e. The number of phenolic OH excluding ortho intramolecular Hbond substituents is 2. The second kappa shape index (κ2) is 11.0. The zero-order chi connectivity index (χ0) is 19.6. The van der Waals surface area contributed by atoms with Gasteiger partial charge in [-0.1, -0.05) is 36.4 Å². The van der Waals surface area contributed by atoms with E-state index in [1.165, 1.54) is 0 Å². The second-order valence-corrected chi connectivity index (χ2v) is 7.26. The maximum atomic E-state index is 10.5. The summed E-state index contributed by atoms with van der Waals surface area (Å²) in [5, 5.41) is 34.5. The average Bonchev–Trinajstić information content (AvgIpc) is 2.70. The molecule has 1 heterocycles. The molecule has 0 saturated heterocycles. The third-order valence-corrected chi connectivity index (χ3v) is 5.08. The number of aromatic hydroxyl groups is 2. The van der Waals surface area contributed by atoms with Gasteiger partial charge in [-0.05, 0) is 39.0 Å². The first-order chi connectivity index (χ1) is 13.8. The molecule has 3 rings (SSSR count). The molecule has 0 fully saturated rings. The molecule has 0 unspecified atom stereocenters. The summed E-state index contributed by atoms with van der Waals surface area (Å²) in [6, 6.07) is 11.9. The molecule has 4 bridgehead atoms. The van der Waals surface area contributed by atoms with Crippen molar-refractivity contribution in [2.75, 3.05) is 26.2 Å². The third kappa shape index (κ3) is 5.94. The number of hydrogen-bond acceptors (Lipinski definition) is 6. The standard InChI is InChI=1S/C22H32N4O2/c27-21-17-5-1-6-18(21)14-24-10-4-12-26-16-20-8-2-7-19(22(20)28)15-25-11-3-9-23-13-17/h1-2,5-8,23-28H,3-4,9-16H2. The number of nitrogens with one attached hydrogen (secondary N) is 4. The van der Waals surface area contributed by atoms with Crippen LogP contribution in [0.15, 0.2) is 36.4 Å². The molecule has 0 spiro atoms. The van der Waals surface area contributed by atoms with Crippen molar-refractivity contribution in [1.82, 2.24) is 21.3 Å². The monoisotopic (exact) mass is 384 g/mol. The Labute approximate surface area is 167 Å². The van der Waals surface area contributed by atoms with Gasteiger partial charge in [0.1, 0.15) is 11.5 Å². The van der Waals surface area contributed by atoms with Gasteiger partial charge in [-0.15, -0.1) is 0 Å². The minimum absolute atomic E-state index is 0.391. The van der Waals surface area contributed by atoms with Crippen LogP contribution in [0.25, 0.3) is 0 Å². The van der Waals surface area contributed by atoms with E-state index in [0.717, 1.165) is 61.3 Å². The first kappa shape index (κ1) is 20.6. The van der Waals surface area contributed by atoms with Crippen LogP contribution in [0.4, 0.5) is 0 Å². The molecule has 28 heavy (non-hydrogen) atoms. The average molecular weight is 385 g/mol. The Kier molecular flexibility index (Phi) is 8.11. The highest BCUT2D eigenvalue weighted by atomic mass is 16.3. The quantitative estimate of drug-likeness (QED) is 0.416. The Morgan fingerprint density at radius 3 is 1.07 bits per heavy atom. The van der Waals surface area contributed by atoms with E-state index in [9.17, 15) is 10.2 Å². The highest BCUT2D eigenvalue weighted by molar-refractivity contribution is 5.41. The van der Waals surface area contributed by atoms with E-state index in [0.29, 0.717) is 37.7 Å². The smallest absolute Gasteiger partial charge is 0.124 e. The molecule has 0 aromatic heterocycles.